The number of rotatable bonds is 0. The highest BCUT2D eigenvalue weighted by Crippen LogP contribution is 2.53. The van der Waals surface area contributed by atoms with Crippen LogP contribution in [0.15, 0.2) is 24.3 Å². The molecule has 3 nitrogen and oxygen atoms in total. The number of carbonyl (C=O) groups excluding carboxylic acids is 1. The van der Waals surface area contributed by atoms with Gasteiger partial charge in [0.1, 0.15) is 6.10 Å². The number of aliphatic hydroxyl groups is 1. The van der Waals surface area contributed by atoms with Gasteiger partial charge >= 0.3 is 5.97 Å². The minimum absolute atomic E-state index is 0.0637. The molecule has 5 atom stereocenters. The van der Waals surface area contributed by atoms with Crippen LogP contribution in [-0.4, -0.2) is 22.8 Å². The van der Waals surface area contributed by atoms with E-state index in [-0.39, 0.29) is 29.8 Å². The Morgan fingerprint density at radius 1 is 1.39 bits per heavy atom. The molecule has 1 saturated heterocycles. The van der Waals surface area contributed by atoms with Gasteiger partial charge in [0, 0.05) is 17.4 Å². The van der Waals surface area contributed by atoms with E-state index in [1.807, 2.05) is 0 Å². The average Bonchev–Trinajstić information content (AvgIpc) is 2.71. The van der Waals surface area contributed by atoms with Crippen molar-refractivity contribution in [1.82, 2.24) is 0 Å². The molecular formula is C15H20O3. The summed E-state index contributed by atoms with van der Waals surface area (Å²) < 4.78 is 5.39. The molecule has 3 rings (SSSR count). The molecule has 0 spiro atoms. The lowest BCUT2D eigenvalue weighted by atomic mass is 9.77. The van der Waals surface area contributed by atoms with Gasteiger partial charge in [-0.05, 0) is 31.6 Å². The second-order valence-electron chi connectivity index (χ2n) is 6.15. The van der Waals surface area contributed by atoms with Crippen LogP contribution in [0.4, 0.5) is 0 Å². The second-order valence-corrected chi connectivity index (χ2v) is 6.15. The van der Waals surface area contributed by atoms with Crippen LogP contribution in [0, 0.1) is 17.8 Å². The Bertz CT molecular complexity index is 439. The molecular weight excluding hydrogens is 228 g/mol. The van der Waals surface area contributed by atoms with Gasteiger partial charge in [0.05, 0.1) is 5.60 Å². The van der Waals surface area contributed by atoms with E-state index in [2.05, 4.69) is 20.1 Å². The minimum atomic E-state index is -0.659. The number of ether oxygens (including phenoxy) is 1. The first-order valence-corrected chi connectivity index (χ1v) is 6.73. The zero-order valence-electron chi connectivity index (χ0n) is 10.8. The molecule has 3 fully saturated rings. The summed E-state index contributed by atoms with van der Waals surface area (Å²) >= 11 is 0. The lowest BCUT2D eigenvalue weighted by Gasteiger charge is -2.34. The molecule has 0 bridgehead atoms. The van der Waals surface area contributed by atoms with Crippen LogP contribution in [0.5, 0.6) is 0 Å². The lowest BCUT2D eigenvalue weighted by Crippen LogP contribution is -2.40. The first-order valence-electron chi connectivity index (χ1n) is 6.73. The predicted octanol–water partition coefficient (Wildman–Crippen LogP) is 2.21. The van der Waals surface area contributed by atoms with E-state index in [4.69, 9.17) is 4.74 Å². The summed E-state index contributed by atoms with van der Waals surface area (Å²) in [5, 5.41) is 10.9. The van der Waals surface area contributed by atoms with Crippen LogP contribution in [0.25, 0.3) is 0 Å². The lowest BCUT2D eigenvalue weighted by molar-refractivity contribution is -0.140. The van der Waals surface area contributed by atoms with Crippen LogP contribution in [0.3, 0.4) is 0 Å². The minimum Gasteiger partial charge on any atom is -0.458 e. The van der Waals surface area contributed by atoms with Crippen molar-refractivity contribution >= 4 is 5.97 Å². The fourth-order valence-corrected chi connectivity index (χ4v) is 4.01. The molecule has 1 heterocycles. The van der Waals surface area contributed by atoms with E-state index >= 15 is 0 Å². The maximum Gasteiger partial charge on any atom is 0.334 e. The Kier molecular flexibility index (Phi) is 2.46. The van der Waals surface area contributed by atoms with Crippen molar-refractivity contribution in [2.45, 2.75) is 44.3 Å². The SMILES string of the molecule is C=C1C(=O)OC2CC(C)C3(O)CCC(=C)C3CC12. The van der Waals surface area contributed by atoms with Gasteiger partial charge in [-0.3, -0.25) is 0 Å². The highest BCUT2D eigenvalue weighted by atomic mass is 16.6. The average molecular weight is 248 g/mol. The Hall–Kier alpha value is -1.09. The zero-order chi connectivity index (χ0) is 13.1. The Morgan fingerprint density at radius 2 is 2.11 bits per heavy atom. The third kappa shape index (κ3) is 1.43. The molecule has 2 saturated carbocycles. The molecule has 1 aliphatic heterocycles. The van der Waals surface area contributed by atoms with Gasteiger partial charge < -0.3 is 9.84 Å². The number of esters is 1. The van der Waals surface area contributed by atoms with Crippen molar-refractivity contribution in [2.24, 2.45) is 17.8 Å². The maximum absolute atomic E-state index is 11.6. The second kappa shape index (κ2) is 3.70. The first kappa shape index (κ1) is 12.0. The first-order chi connectivity index (χ1) is 8.43. The summed E-state index contributed by atoms with van der Waals surface area (Å²) in [6.07, 6.45) is 3.08. The van der Waals surface area contributed by atoms with Gasteiger partial charge in [0.25, 0.3) is 0 Å². The van der Waals surface area contributed by atoms with Gasteiger partial charge in [-0.1, -0.05) is 25.7 Å². The van der Waals surface area contributed by atoms with Crippen LogP contribution in [-0.2, 0) is 9.53 Å². The van der Waals surface area contributed by atoms with Crippen molar-refractivity contribution < 1.29 is 14.6 Å². The molecule has 98 valence electrons. The van der Waals surface area contributed by atoms with Crippen LogP contribution in [0.2, 0.25) is 0 Å². The number of hydrogen-bond donors (Lipinski definition) is 1. The highest BCUT2D eigenvalue weighted by molar-refractivity contribution is 5.90. The summed E-state index contributed by atoms with van der Waals surface area (Å²) in [4.78, 5) is 11.6. The topological polar surface area (TPSA) is 46.5 Å². The number of carbonyl (C=O) groups is 1. The van der Waals surface area contributed by atoms with Gasteiger partial charge in [0.15, 0.2) is 0 Å². The normalized spacial score (nSPS) is 47.6. The third-order valence-electron chi connectivity index (χ3n) is 5.29. The quantitative estimate of drug-likeness (QED) is 0.406. The summed E-state index contributed by atoms with van der Waals surface area (Å²) in [6, 6.07) is 0. The van der Waals surface area contributed by atoms with Crippen LogP contribution in [0.1, 0.15) is 32.6 Å². The summed E-state index contributed by atoms with van der Waals surface area (Å²) in [5.74, 6) is 0.0317. The number of hydrogen-bond acceptors (Lipinski definition) is 3. The molecule has 0 aromatic heterocycles. The van der Waals surface area contributed by atoms with Crippen molar-refractivity contribution in [1.29, 1.82) is 0 Å². The summed E-state index contributed by atoms with van der Waals surface area (Å²) in [5.41, 5.74) is 1.04. The van der Waals surface area contributed by atoms with E-state index in [1.54, 1.807) is 0 Å². The van der Waals surface area contributed by atoms with E-state index in [1.165, 1.54) is 0 Å². The molecule has 18 heavy (non-hydrogen) atoms. The molecule has 3 heteroatoms. The van der Waals surface area contributed by atoms with Gasteiger partial charge in [0.2, 0.25) is 0 Å². The molecule has 1 N–H and O–H groups in total. The largest absolute Gasteiger partial charge is 0.458 e. The van der Waals surface area contributed by atoms with Crippen LogP contribution < -0.4 is 0 Å². The zero-order valence-corrected chi connectivity index (χ0v) is 10.8. The molecule has 3 aliphatic rings. The molecule has 5 unspecified atom stereocenters. The molecule has 0 radical (unpaired) electrons. The standard InChI is InChI=1S/C15H20O3/c1-8-4-5-15(17)9(2)6-13-11(7-12(8)15)10(3)14(16)18-13/h9,11-13,17H,1,3-7H2,2H3. The molecule has 2 aliphatic carbocycles. The van der Waals surface area contributed by atoms with Gasteiger partial charge in [-0.2, -0.15) is 0 Å². The van der Waals surface area contributed by atoms with Crippen LogP contribution >= 0.6 is 0 Å². The smallest absolute Gasteiger partial charge is 0.334 e. The molecule has 0 aromatic carbocycles. The van der Waals surface area contributed by atoms with E-state index in [9.17, 15) is 9.90 Å². The third-order valence-corrected chi connectivity index (χ3v) is 5.29. The van der Waals surface area contributed by atoms with E-state index in [0.717, 1.165) is 31.3 Å². The fraction of sp³-hybridized carbons (Fsp3) is 0.667. The van der Waals surface area contributed by atoms with E-state index in [0.29, 0.717) is 5.57 Å². The van der Waals surface area contributed by atoms with Crippen molar-refractivity contribution in [3.8, 4) is 0 Å². The van der Waals surface area contributed by atoms with Gasteiger partial charge in [-0.25, -0.2) is 4.79 Å². The molecule has 0 aromatic rings. The highest BCUT2D eigenvalue weighted by Gasteiger charge is 2.54. The Labute approximate surface area is 108 Å². The van der Waals surface area contributed by atoms with Crippen molar-refractivity contribution in [3.63, 3.8) is 0 Å². The fourth-order valence-electron chi connectivity index (χ4n) is 4.01. The maximum atomic E-state index is 11.6. The van der Waals surface area contributed by atoms with Crippen molar-refractivity contribution in [2.75, 3.05) is 0 Å². The predicted molar refractivity (Wildman–Crippen MR) is 67.7 cm³/mol. The van der Waals surface area contributed by atoms with Crippen molar-refractivity contribution in [3.05, 3.63) is 24.3 Å². The Balaban J connectivity index is 1.97. The molecule has 0 amide bonds. The summed E-state index contributed by atoms with van der Waals surface area (Å²) in [6.45, 7) is 10.0. The Morgan fingerprint density at radius 3 is 2.83 bits per heavy atom. The number of fused-ring (bicyclic) bond motifs is 2. The van der Waals surface area contributed by atoms with Gasteiger partial charge in [-0.15, -0.1) is 0 Å². The van der Waals surface area contributed by atoms with E-state index < -0.39 is 5.60 Å². The monoisotopic (exact) mass is 248 g/mol. The summed E-state index contributed by atoms with van der Waals surface area (Å²) in [7, 11) is 0.